The number of nitrogens with zero attached hydrogens (tertiary/aromatic N) is 3. The summed E-state index contributed by atoms with van der Waals surface area (Å²) < 4.78 is 1.99. The molecule has 2 aromatic carbocycles. The molecule has 1 N–H and O–H groups in total. The van der Waals surface area contributed by atoms with Crippen molar-refractivity contribution in [3.8, 4) is 5.69 Å². The summed E-state index contributed by atoms with van der Waals surface area (Å²) >= 11 is 1.38. The maximum Gasteiger partial charge on any atom is 0.253 e. The summed E-state index contributed by atoms with van der Waals surface area (Å²) in [5, 5.41) is 3.65. The van der Waals surface area contributed by atoms with Gasteiger partial charge in [0.15, 0.2) is 5.16 Å². The third-order valence-corrected chi connectivity index (χ3v) is 5.86. The van der Waals surface area contributed by atoms with Crippen LogP contribution in [0.4, 0.5) is 5.69 Å². The van der Waals surface area contributed by atoms with Gasteiger partial charge in [-0.25, -0.2) is 4.98 Å². The zero-order chi connectivity index (χ0) is 22.4. The molecule has 0 aliphatic heterocycles. The predicted octanol–water partition coefficient (Wildman–Crippen LogP) is 4.70. The number of thioether (sulfide) groups is 1. The van der Waals surface area contributed by atoms with Crippen LogP contribution in [-0.4, -0.2) is 45.1 Å². The maximum absolute atomic E-state index is 12.4. The Labute approximate surface area is 187 Å². The van der Waals surface area contributed by atoms with Crippen molar-refractivity contribution in [2.24, 2.45) is 0 Å². The van der Waals surface area contributed by atoms with Crippen molar-refractivity contribution < 1.29 is 9.59 Å². The lowest BCUT2D eigenvalue weighted by Gasteiger charge is -2.18. The second-order valence-electron chi connectivity index (χ2n) is 7.32. The van der Waals surface area contributed by atoms with Crippen LogP contribution in [0.3, 0.4) is 0 Å². The summed E-state index contributed by atoms with van der Waals surface area (Å²) in [4.78, 5) is 31.0. The molecule has 0 spiro atoms. The number of rotatable bonds is 8. The van der Waals surface area contributed by atoms with Crippen molar-refractivity contribution in [1.82, 2.24) is 14.5 Å². The van der Waals surface area contributed by atoms with E-state index in [4.69, 9.17) is 0 Å². The number of carbonyl (C=O) groups excluding carboxylic acids is 2. The molecule has 31 heavy (non-hydrogen) atoms. The highest BCUT2D eigenvalue weighted by Gasteiger charge is 2.13. The molecule has 1 aromatic heterocycles. The van der Waals surface area contributed by atoms with Crippen LogP contribution < -0.4 is 5.32 Å². The molecule has 0 aliphatic carbocycles. The summed E-state index contributed by atoms with van der Waals surface area (Å²) in [5.74, 6) is 0.113. The molecule has 0 atom stereocenters. The first-order chi connectivity index (χ1) is 14.9. The summed E-state index contributed by atoms with van der Waals surface area (Å²) in [6.07, 6.45) is 3.64. The van der Waals surface area contributed by atoms with Gasteiger partial charge in [-0.15, -0.1) is 0 Å². The van der Waals surface area contributed by atoms with Gasteiger partial charge in [0, 0.05) is 42.4 Å². The molecule has 162 valence electrons. The molecule has 6 nitrogen and oxygen atoms in total. The van der Waals surface area contributed by atoms with Crippen molar-refractivity contribution >= 4 is 29.3 Å². The summed E-state index contributed by atoms with van der Waals surface area (Å²) in [5.41, 5.74) is 4.68. The Kier molecular flexibility index (Phi) is 7.52. The fourth-order valence-corrected chi connectivity index (χ4v) is 4.17. The first-order valence-corrected chi connectivity index (χ1v) is 11.3. The standard InChI is InChI=1S/C24H28N4O2S/c1-5-27(6-2)23(30)19-7-9-20(10-8-19)26-22(29)16-31-24-25-11-12-28(24)21-14-17(3)13-18(4)15-21/h7-15H,5-6,16H2,1-4H3,(H,26,29). The first kappa shape index (κ1) is 22.6. The molecule has 0 saturated heterocycles. The number of carbonyl (C=O) groups is 2. The molecule has 3 rings (SSSR count). The van der Waals surface area contributed by atoms with Crippen LogP contribution in [0.15, 0.2) is 60.0 Å². The van der Waals surface area contributed by atoms with E-state index in [1.165, 1.54) is 22.9 Å². The molecule has 1 heterocycles. The molecule has 3 aromatic rings. The Bertz CT molecular complexity index is 1040. The highest BCUT2D eigenvalue weighted by atomic mass is 32.2. The molecule has 0 fully saturated rings. The zero-order valence-corrected chi connectivity index (χ0v) is 19.2. The number of imidazole rings is 1. The van der Waals surface area contributed by atoms with Gasteiger partial charge in [-0.2, -0.15) is 0 Å². The third kappa shape index (κ3) is 5.76. The third-order valence-electron chi connectivity index (χ3n) is 4.89. The largest absolute Gasteiger partial charge is 0.339 e. The lowest BCUT2D eigenvalue weighted by Crippen LogP contribution is -2.30. The van der Waals surface area contributed by atoms with Crippen LogP contribution in [0.1, 0.15) is 35.3 Å². The van der Waals surface area contributed by atoms with Crippen LogP contribution in [-0.2, 0) is 4.79 Å². The van der Waals surface area contributed by atoms with Crippen molar-refractivity contribution in [3.63, 3.8) is 0 Å². The van der Waals surface area contributed by atoms with Gasteiger partial charge in [0.2, 0.25) is 5.91 Å². The average Bonchev–Trinajstić information content (AvgIpc) is 3.22. The smallest absolute Gasteiger partial charge is 0.253 e. The number of nitrogens with one attached hydrogen (secondary N) is 1. The highest BCUT2D eigenvalue weighted by molar-refractivity contribution is 7.99. The van der Waals surface area contributed by atoms with Gasteiger partial charge < -0.3 is 10.2 Å². The number of aryl methyl sites for hydroxylation is 2. The van der Waals surface area contributed by atoms with Crippen LogP contribution in [0.2, 0.25) is 0 Å². The Morgan fingerprint density at radius 2 is 1.68 bits per heavy atom. The molecule has 2 amide bonds. The van der Waals surface area contributed by atoms with Crippen molar-refractivity contribution in [1.29, 1.82) is 0 Å². The average molecular weight is 437 g/mol. The summed E-state index contributed by atoms with van der Waals surface area (Å²) in [7, 11) is 0. The van der Waals surface area contributed by atoms with E-state index >= 15 is 0 Å². The molecular weight excluding hydrogens is 408 g/mol. The van der Waals surface area contributed by atoms with Crippen LogP contribution in [0.25, 0.3) is 5.69 Å². The monoisotopic (exact) mass is 436 g/mol. The van der Waals surface area contributed by atoms with Gasteiger partial charge in [0.1, 0.15) is 0 Å². The Morgan fingerprint density at radius 1 is 1.03 bits per heavy atom. The molecule has 0 aliphatic rings. The van der Waals surface area contributed by atoms with E-state index in [0.717, 1.165) is 10.8 Å². The minimum Gasteiger partial charge on any atom is -0.339 e. The van der Waals surface area contributed by atoms with Gasteiger partial charge in [-0.3, -0.25) is 14.2 Å². The normalized spacial score (nSPS) is 10.7. The van der Waals surface area contributed by atoms with E-state index in [1.807, 2.05) is 24.6 Å². The number of aromatic nitrogens is 2. The summed E-state index contributed by atoms with van der Waals surface area (Å²) in [6.45, 7) is 9.38. The SMILES string of the molecule is CCN(CC)C(=O)c1ccc(NC(=O)CSc2nccn2-c2cc(C)cc(C)c2)cc1. The Morgan fingerprint density at radius 3 is 2.29 bits per heavy atom. The van der Waals surface area contributed by atoms with E-state index < -0.39 is 0 Å². The molecule has 0 saturated carbocycles. The van der Waals surface area contributed by atoms with E-state index in [1.54, 1.807) is 35.4 Å². The minimum atomic E-state index is -0.122. The minimum absolute atomic E-state index is 0.00310. The fourth-order valence-electron chi connectivity index (χ4n) is 3.40. The maximum atomic E-state index is 12.4. The lowest BCUT2D eigenvalue weighted by atomic mass is 10.1. The van der Waals surface area contributed by atoms with Crippen LogP contribution in [0, 0.1) is 13.8 Å². The molecule has 7 heteroatoms. The van der Waals surface area contributed by atoms with Crippen LogP contribution >= 0.6 is 11.8 Å². The fraction of sp³-hybridized carbons (Fsp3) is 0.292. The van der Waals surface area contributed by atoms with Gasteiger partial charge in [0.05, 0.1) is 5.75 Å². The van der Waals surface area contributed by atoms with E-state index in [0.29, 0.717) is 24.3 Å². The molecule has 0 radical (unpaired) electrons. The van der Waals surface area contributed by atoms with Crippen LogP contribution in [0.5, 0.6) is 0 Å². The van der Waals surface area contributed by atoms with E-state index in [2.05, 4.69) is 42.3 Å². The number of hydrogen-bond acceptors (Lipinski definition) is 4. The van der Waals surface area contributed by atoms with Crippen molar-refractivity contribution in [2.75, 3.05) is 24.2 Å². The number of hydrogen-bond donors (Lipinski definition) is 1. The van der Waals surface area contributed by atoms with E-state index in [-0.39, 0.29) is 17.6 Å². The first-order valence-electron chi connectivity index (χ1n) is 10.3. The van der Waals surface area contributed by atoms with Crippen molar-refractivity contribution in [2.45, 2.75) is 32.9 Å². The Balaban J connectivity index is 1.60. The second-order valence-corrected chi connectivity index (χ2v) is 8.26. The van der Waals surface area contributed by atoms with E-state index in [9.17, 15) is 9.59 Å². The Hall–Kier alpha value is -3.06. The lowest BCUT2D eigenvalue weighted by molar-refractivity contribution is -0.113. The highest BCUT2D eigenvalue weighted by Crippen LogP contribution is 2.22. The van der Waals surface area contributed by atoms with Crippen molar-refractivity contribution in [3.05, 3.63) is 71.5 Å². The molecule has 0 unspecified atom stereocenters. The number of benzene rings is 2. The van der Waals surface area contributed by atoms with Gasteiger partial charge >= 0.3 is 0 Å². The number of amides is 2. The molecule has 0 bridgehead atoms. The van der Waals surface area contributed by atoms with Gasteiger partial charge in [-0.1, -0.05) is 17.8 Å². The summed E-state index contributed by atoms with van der Waals surface area (Å²) in [6, 6.07) is 13.3. The predicted molar refractivity (Wildman–Crippen MR) is 126 cm³/mol. The quantitative estimate of drug-likeness (QED) is 0.520. The topological polar surface area (TPSA) is 67.2 Å². The van der Waals surface area contributed by atoms with Gasteiger partial charge in [0.25, 0.3) is 5.91 Å². The molecular formula is C24H28N4O2S. The zero-order valence-electron chi connectivity index (χ0n) is 18.4. The van der Waals surface area contributed by atoms with Gasteiger partial charge in [-0.05, 0) is 75.2 Å². The second kappa shape index (κ2) is 10.3. The number of anilines is 1.